The number of hydrogen-bond acceptors (Lipinski definition) is 4. The number of aromatic nitrogens is 1. The summed E-state index contributed by atoms with van der Waals surface area (Å²) >= 11 is 0. The lowest BCUT2D eigenvalue weighted by molar-refractivity contribution is 0.0526. The lowest BCUT2D eigenvalue weighted by Gasteiger charge is -2.07. The topological polar surface area (TPSA) is 57.5 Å². The highest BCUT2D eigenvalue weighted by atomic mass is 16.5. The number of benzene rings is 1. The molecule has 0 aliphatic rings. The zero-order chi connectivity index (χ0) is 15.2. The summed E-state index contributed by atoms with van der Waals surface area (Å²) in [5.74, 6) is 0.0616. The standard InChI is InChI=1S/C16H17NO4/c1-3-20-16(19)12-6-8-13(9-7-12)21-11-15(18)14-5-4-10-17(14)2/h4-10H,3,11H2,1-2H3. The van der Waals surface area contributed by atoms with E-state index in [2.05, 4.69) is 0 Å². The van der Waals surface area contributed by atoms with Crippen molar-refractivity contribution in [3.8, 4) is 5.75 Å². The smallest absolute Gasteiger partial charge is 0.338 e. The van der Waals surface area contributed by atoms with E-state index in [-0.39, 0.29) is 18.4 Å². The van der Waals surface area contributed by atoms with E-state index in [1.807, 2.05) is 0 Å². The number of carbonyl (C=O) groups excluding carboxylic acids is 2. The van der Waals surface area contributed by atoms with Crippen molar-refractivity contribution in [3.05, 3.63) is 53.9 Å². The highest BCUT2D eigenvalue weighted by molar-refractivity contribution is 5.95. The molecule has 5 nitrogen and oxygen atoms in total. The number of ether oxygens (including phenoxy) is 2. The summed E-state index contributed by atoms with van der Waals surface area (Å²) in [4.78, 5) is 23.4. The summed E-state index contributed by atoms with van der Waals surface area (Å²) < 4.78 is 12.1. The predicted molar refractivity (Wildman–Crippen MR) is 77.6 cm³/mol. The van der Waals surface area contributed by atoms with E-state index >= 15 is 0 Å². The van der Waals surface area contributed by atoms with Crippen LogP contribution in [-0.4, -0.2) is 29.5 Å². The molecule has 21 heavy (non-hydrogen) atoms. The molecule has 0 atom stereocenters. The first-order chi connectivity index (χ1) is 10.1. The summed E-state index contributed by atoms with van der Waals surface area (Å²) in [5, 5.41) is 0. The molecule has 0 amide bonds. The van der Waals surface area contributed by atoms with Gasteiger partial charge in [-0.15, -0.1) is 0 Å². The molecule has 0 saturated carbocycles. The van der Waals surface area contributed by atoms with Crippen LogP contribution in [0, 0.1) is 0 Å². The Labute approximate surface area is 123 Å². The van der Waals surface area contributed by atoms with E-state index in [1.165, 1.54) is 0 Å². The second kappa shape index (κ2) is 6.74. The van der Waals surface area contributed by atoms with Crippen molar-refractivity contribution in [2.45, 2.75) is 6.92 Å². The molecule has 0 aliphatic heterocycles. The van der Waals surface area contributed by atoms with Crippen LogP contribution in [0.3, 0.4) is 0 Å². The molecule has 110 valence electrons. The Hall–Kier alpha value is -2.56. The third-order valence-electron chi connectivity index (χ3n) is 2.96. The Kier molecular flexibility index (Phi) is 4.77. The van der Waals surface area contributed by atoms with Gasteiger partial charge in [0.2, 0.25) is 5.78 Å². The molecule has 0 spiro atoms. The molecule has 1 heterocycles. The predicted octanol–water partition coefficient (Wildman–Crippen LogP) is 2.46. The van der Waals surface area contributed by atoms with Gasteiger partial charge in [-0.05, 0) is 43.3 Å². The molecule has 0 aliphatic carbocycles. The van der Waals surface area contributed by atoms with Gasteiger partial charge in [0.05, 0.1) is 17.9 Å². The maximum atomic E-state index is 11.9. The van der Waals surface area contributed by atoms with Crippen molar-refractivity contribution in [1.82, 2.24) is 4.57 Å². The molecule has 0 radical (unpaired) electrons. The van der Waals surface area contributed by atoms with Crippen molar-refractivity contribution in [2.75, 3.05) is 13.2 Å². The molecule has 0 unspecified atom stereocenters. The maximum Gasteiger partial charge on any atom is 0.338 e. The molecular formula is C16H17NO4. The Morgan fingerprint density at radius 1 is 1.14 bits per heavy atom. The van der Waals surface area contributed by atoms with Crippen molar-refractivity contribution in [1.29, 1.82) is 0 Å². The zero-order valence-electron chi connectivity index (χ0n) is 12.0. The lowest BCUT2D eigenvalue weighted by atomic mass is 10.2. The van der Waals surface area contributed by atoms with Crippen LogP contribution in [0.4, 0.5) is 0 Å². The fraction of sp³-hybridized carbons (Fsp3) is 0.250. The average Bonchev–Trinajstić information content (AvgIpc) is 2.92. The van der Waals surface area contributed by atoms with Crippen LogP contribution in [0.5, 0.6) is 5.75 Å². The number of rotatable bonds is 6. The van der Waals surface area contributed by atoms with Gasteiger partial charge in [0.1, 0.15) is 5.75 Å². The summed E-state index contributed by atoms with van der Waals surface area (Å²) in [6.07, 6.45) is 1.81. The van der Waals surface area contributed by atoms with Crippen molar-refractivity contribution in [2.24, 2.45) is 7.05 Å². The van der Waals surface area contributed by atoms with Gasteiger partial charge < -0.3 is 14.0 Å². The van der Waals surface area contributed by atoms with E-state index < -0.39 is 0 Å². The zero-order valence-corrected chi connectivity index (χ0v) is 12.0. The minimum absolute atomic E-state index is 0.0450. The largest absolute Gasteiger partial charge is 0.485 e. The Balaban J connectivity index is 1.93. The van der Waals surface area contributed by atoms with Gasteiger partial charge in [-0.3, -0.25) is 4.79 Å². The van der Waals surface area contributed by atoms with Crippen LogP contribution in [0.25, 0.3) is 0 Å². The normalized spacial score (nSPS) is 10.2. The first-order valence-electron chi connectivity index (χ1n) is 6.66. The third-order valence-corrected chi connectivity index (χ3v) is 2.96. The fourth-order valence-corrected chi connectivity index (χ4v) is 1.88. The van der Waals surface area contributed by atoms with Gasteiger partial charge in [-0.1, -0.05) is 0 Å². The summed E-state index contributed by atoms with van der Waals surface area (Å²) in [7, 11) is 1.81. The molecule has 1 aromatic carbocycles. The number of esters is 1. The second-order valence-electron chi connectivity index (χ2n) is 4.46. The summed E-state index contributed by atoms with van der Waals surface area (Å²) in [5.41, 5.74) is 1.05. The number of hydrogen-bond donors (Lipinski definition) is 0. The third kappa shape index (κ3) is 3.72. The summed E-state index contributed by atoms with van der Waals surface area (Å²) in [6, 6.07) is 10.1. The van der Waals surface area contributed by atoms with E-state index in [4.69, 9.17) is 9.47 Å². The van der Waals surface area contributed by atoms with Gasteiger partial charge in [-0.2, -0.15) is 0 Å². The van der Waals surface area contributed by atoms with Crippen LogP contribution in [0.15, 0.2) is 42.6 Å². The van der Waals surface area contributed by atoms with Crippen LogP contribution in [0.2, 0.25) is 0 Å². The minimum Gasteiger partial charge on any atom is -0.485 e. The van der Waals surface area contributed by atoms with Gasteiger partial charge in [0, 0.05) is 13.2 Å². The molecule has 2 rings (SSSR count). The first kappa shape index (κ1) is 14.8. The molecule has 1 aromatic heterocycles. The van der Waals surface area contributed by atoms with Crippen molar-refractivity contribution in [3.63, 3.8) is 0 Å². The average molecular weight is 287 g/mol. The summed E-state index contributed by atoms with van der Waals surface area (Å²) in [6.45, 7) is 2.05. The van der Waals surface area contributed by atoms with Gasteiger partial charge in [0.25, 0.3) is 0 Å². The van der Waals surface area contributed by atoms with Crippen molar-refractivity contribution < 1.29 is 19.1 Å². The molecular weight excluding hydrogens is 270 g/mol. The number of aryl methyl sites for hydroxylation is 1. The highest BCUT2D eigenvalue weighted by Crippen LogP contribution is 2.13. The van der Waals surface area contributed by atoms with Crippen LogP contribution >= 0.6 is 0 Å². The Morgan fingerprint density at radius 3 is 2.43 bits per heavy atom. The second-order valence-corrected chi connectivity index (χ2v) is 4.46. The number of carbonyl (C=O) groups is 2. The van der Waals surface area contributed by atoms with E-state index in [9.17, 15) is 9.59 Å². The van der Waals surface area contributed by atoms with E-state index in [0.29, 0.717) is 23.6 Å². The van der Waals surface area contributed by atoms with Crippen LogP contribution in [0.1, 0.15) is 27.8 Å². The van der Waals surface area contributed by atoms with E-state index in [0.717, 1.165) is 0 Å². The first-order valence-corrected chi connectivity index (χ1v) is 6.66. The highest BCUT2D eigenvalue weighted by Gasteiger charge is 2.10. The number of nitrogens with zero attached hydrogens (tertiary/aromatic N) is 1. The fourth-order valence-electron chi connectivity index (χ4n) is 1.88. The SMILES string of the molecule is CCOC(=O)c1ccc(OCC(=O)c2cccn2C)cc1. The monoisotopic (exact) mass is 287 g/mol. The molecule has 0 bridgehead atoms. The van der Waals surface area contributed by atoms with Crippen molar-refractivity contribution >= 4 is 11.8 Å². The van der Waals surface area contributed by atoms with E-state index in [1.54, 1.807) is 61.1 Å². The Bertz CT molecular complexity index is 628. The van der Waals surface area contributed by atoms with Gasteiger partial charge in [0.15, 0.2) is 6.61 Å². The quantitative estimate of drug-likeness (QED) is 0.605. The minimum atomic E-state index is -0.371. The molecule has 0 N–H and O–H groups in total. The maximum absolute atomic E-state index is 11.9. The number of Topliss-reactive ketones (excluding diaryl/α,β-unsaturated/α-hetero) is 1. The van der Waals surface area contributed by atoms with Gasteiger partial charge >= 0.3 is 5.97 Å². The number of ketones is 1. The Morgan fingerprint density at radius 2 is 1.86 bits per heavy atom. The molecule has 0 saturated heterocycles. The molecule has 5 heteroatoms. The molecule has 2 aromatic rings. The van der Waals surface area contributed by atoms with Gasteiger partial charge in [-0.25, -0.2) is 4.79 Å². The van der Waals surface area contributed by atoms with Crippen LogP contribution < -0.4 is 4.74 Å². The van der Waals surface area contributed by atoms with Crippen LogP contribution in [-0.2, 0) is 11.8 Å². The molecule has 0 fully saturated rings. The lowest BCUT2D eigenvalue weighted by Crippen LogP contribution is -2.14.